The zero-order valence-corrected chi connectivity index (χ0v) is 11.2. The number of amides is 1. The molecule has 0 bridgehead atoms. The van der Waals surface area contributed by atoms with Crippen molar-refractivity contribution in [3.63, 3.8) is 0 Å². The van der Waals surface area contributed by atoms with Crippen LogP contribution in [0.15, 0.2) is 11.8 Å². The molecule has 96 valence electrons. The van der Waals surface area contributed by atoms with Gasteiger partial charge in [0.1, 0.15) is 10.4 Å². The molecule has 0 aliphatic heterocycles. The van der Waals surface area contributed by atoms with Crippen molar-refractivity contribution >= 4 is 46.0 Å². The van der Waals surface area contributed by atoms with Crippen LogP contribution in [0.5, 0.6) is 0 Å². The zero-order chi connectivity index (χ0) is 13.4. The highest BCUT2D eigenvalue weighted by Crippen LogP contribution is 2.19. The number of nitrogens with one attached hydrogen (secondary N) is 2. The maximum Gasteiger partial charge on any atom is 0.270 e. The molecule has 7 nitrogen and oxygen atoms in total. The molecule has 3 rings (SSSR count). The predicted molar refractivity (Wildman–Crippen MR) is 71.5 cm³/mol. The van der Waals surface area contributed by atoms with Crippen LogP contribution in [0.3, 0.4) is 0 Å². The highest BCUT2D eigenvalue weighted by atomic mass is 35.5. The first kappa shape index (κ1) is 12.0. The second kappa shape index (κ2) is 4.56. The van der Waals surface area contributed by atoms with Crippen LogP contribution < -0.4 is 5.32 Å². The lowest BCUT2D eigenvalue weighted by Gasteiger charge is -2.02. The van der Waals surface area contributed by atoms with Gasteiger partial charge in [0.15, 0.2) is 10.8 Å². The molecule has 19 heavy (non-hydrogen) atoms. The number of thiazole rings is 1. The summed E-state index contributed by atoms with van der Waals surface area (Å²) in [5, 5.41) is 2.79. The third-order valence-electron chi connectivity index (χ3n) is 2.42. The van der Waals surface area contributed by atoms with Crippen molar-refractivity contribution in [1.29, 1.82) is 0 Å². The fourth-order valence-corrected chi connectivity index (χ4v) is 2.45. The number of imidazole rings is 1. The van der Waals surface area contributed by atoms with Gasteiger partial charge in [0.2, 0.25) is 5.95 Å². The topological polar surface area (TPSA) is 96.5 Å². The highest BCUT2D eigenvalue weighted by Gasteiger charge is 2.15. The molecule has 2 N–H and O–H groups in total. The molecule has 0 saturated carbocycles. The summed E-state index contributed by atoms with van der Waals surface area (Å²) in [5.74, 6) is -0.201. The number of hydrogen-bond donors (Lipinski definition) is 2. The zero-order valence-electron chi connectivity index (χ0n) is 9.64. The van der Waals surface area contributed by atoms with Gasteiger partial charge in [0, 0.05) is 0 Å². The van der Waals surface area contributed by atoms with Crippen molar-refractivity contribution < 1.29 is 4.79 Å². The minimum atomic E-state index is -0.314. The van der Waals surface area contributed by atoms with Crippen LogP contribution in [0, 0.1) is 6.92 Å². The van der Waals surface area contributed by atoms with E-state index in [2.05, 4.69) is 30.2 Å². The number of aryl methyl sites for hydroxylation is 1. The lowest BCUT2D eigenvalue weighted by molar-refractivity contribution is 0.102. The van der Waals surface area contributed by atoms with Gasteiger partial charge in [-0.25, -0.2) is 9.97 Å². The van der Waals surface area contributed by atoms with E-state index in [1.54, 1.807) is 12.4 Å². The Morgan fingerprint density at radius 1 is 1.42 bits per heavy atom. The maximum absolute atomic E-state index is 12.0. The SMILES string of the molecule is Cc1ncsc1C(=O)Nc1nc(Cl)c2[nH]cnc2n1. The fourth-order valence-electron chi connectivity index (χ4n) is 1.53. The van der Waals surface area contributed by atoms with Gasteiger partial charge in [-0.15, -0.1) is 11.3 Å². The number of hydrogen-bond acceptors (Lipinski definition) is 6. The minimum Gasteiger partial charge on any atom is -0.341 e. The van der Waals surface area contributed by atoms with Crippen LogP contribution >= 0.6 is 22.9 Å². The molecule has 0 fully saturated rings. The van der Waals surface area contributed by atoms with E-state index in [1.165, 1.54) is 17.7 Å². The van der Waals surface area contributed by atoms with E-state index in [0.29, 0.717) is 21.7 Å². The number of nitrogens with zero attached hydrogens (tertiary/aromatic N) is 4. The Bertz CT molecular complexity index is 766. The van der Waals surface area contributed by atoms with E-state index >= 15 is 0 Å². The molecular formula is C10H7ClN6OS. The Balaban J connectivity index is 1.93. The summed E-state index contributed by atoms with van der Waals surface area (Å²) in [6.45, 7) is 1.76. The van der Waals surface area contributed by atoms with Gasteiger partial charge in [-0.3, -0.25) is 10.1 Å². The summed E-state index contributed by atoms with van der Waals surface area (Å²) >= 11 is 7.21. The number of carbonyl (C=O) groups is 1. The maximum atomic E-state index is 12.0. The van der Waals surface area contributed by atoms with Gasteiger partial charge in [-0.2, -0.15) is 9.97 Å². The molecular weight excluding hydrogens is 288 g/mol. The Kier molecular flexibility index (Phi) is 2.88. The number of H-pyrrole nitrogens is 1. The normalized spacial score (nSPS) is 10.8. The number of rotatable bonds is 2. The Hall–Kier alpha value is -2.06. The van der Waals surface area contributed by atoms with Crippen molar-refractivity contribution in [1.82, 2.24) is 24.9 Å². The second-order valence-corrected chi connectivity index (χ2v) is 4.87. The van der Waals surface area contributed by atoms with Crippen LogP contribution in [-0.2, 0) is 0 Å². The van der Waals surface area contributed by atoms with E-state index in [9.17, 15) is 4.79 Å². The Morgan fingerprint density at radius 2 is 2.26 bits per heavy atom. The summed E-state index contributed by atoms with van der Waals surface area (Å²) in [6, 6.07) is 0. The van der Waals surface area contributed by atoms with Crippen LogP contribution in [-0.4, -0.2) is 30.8 Å². The van der Waals surface area contributed by atoms with Crippen LogP contribution in [0.25, 0.3) is 11.2 Å². The quantitative estimate of drug-likeness (QED) is 0.705. The number of carbonyl (C=O) groups excluding carboxylic acids is 1. The monoisotopic (exact) mass is 294 g/mol. The van der Waals surface area contributed by atoms with Crippen molar-refractivity contribution in [2.24, 2.45) is 0 Å². The summed E-state index contributed by atoms with van der Waals surface area (Å²) in [4.78, 5) is 31.4. The van der Waals surface area contributed by atoms with E-state index in [0.717, 1.165) is 0 Å². The summed E-state index contributed by atoms with van der Waals surface area (Å²) in [5.41, 5.74) is 3.20. The van der Waals surface area contributed by atoms with Gasteiger partial charge in [-0.1, -0.05) is 11.6 Å². The number of aromatic amines is 1. The lowest BCUT2D eigenvalue weighted by Crippen LogP contribution is -2.14. The Labute approximate surface area is 116 Å². The number of anilines is 1. The van der Waals surface area contributed by atoms with Crippen LogP contribution in [0.2, 0.25) is 5.15 Å². The van der Waals surface area contributed by atoms with Crippen molar-refractivity contribution in [3.8, 4) is 0 Å². The highest BCUT2D eigenvalue weighted by molar-refractivity contribution is 7.12. The molecule has 3 heterocycles. The minimum absolute atomic E-state index is 0.113. The van der Waals surface area contributed by atoms with Crippen molar-refractivity contribution in [2.45, 2.75) is 6.92 Å². The largest absolute Gasteiger partial charge is 0.341 e. The van der Waals surface area contributed by atoms with Gasteiger partial charge in [0.25, 0.3) is 5.91 Å². The van der Waals surface area contributed by atoms with E-state index in [4.69, 9.17) is 11.6 Å². The molecule has 3 aromatic heterocycles. The van der Waals surface area contributed by atoms with Gasteiger partial charge < -0.3 is 4.98 Å². The summed E-state index contributed by atoms with van der Waals surface area (Å²) in [6.07, 6.45) is 1.46. The van der Waals surface area contributed by atoms with Crippen LogP contribution in [0.1, 0.15) is 15.4 Å². The molecule has 3 aromatic rings. The van der Waals surface area contributed by atoms with Gasteiger partial charge >= 0.3 is 0 Å². The first-order chi connectivity index (χ1) is 9.15. The lowest BCUT2D eigenvalue weighted by atomic mass is 10.4. The predicted octanol–water partition coefficient (Wildman–Crippen LogP) is 2.02. The first-order valence-corrected chi connectivity index (χ1v) is 6.49. The molecule has 0 spiro atoms. The fraction of sp³-hybridized carbons (Fsp3) is 0.100. The van der Waals surface area contributed by atoms with Gasteiger partial charge in [-0.05, 0) is 6.92 Å². The van der Waals surface area contributed by atoms with E-state index in [-0.39, 0.29) is 17.0 Å². The molecule has 0 atom stereocenters. The molecule has 1 amide bonds. The van der Waals surface area contributed by atoms with E-state index < -0.39 is 0 Å². The first-order valence-electron chi connectivity index (χ1n) is 5.23. The third-order valence-corrected chi connectivity index (χ3v) is 3.62. The number of aromatic nitrogens is 5. The van der Waals surface area contributed by atoms with Crippen LogP contribution in [0.4, 0.5) is 5.95 Å². The van der Waals surface area contributed by atoms with Crippen molar-refractivity contribution in [3.05, 3.63) is 27.6 Å². The second-order valence-electron chi connectivity index (χ2n) is 3.66. The summed E-state index contributed by atoms with van der Waals surface area (Å²) in [7, 11) is 0. The van der Waals surface area contributed by atoms with Gasteiger partial charge in [0.05, 0.1) is 17.5 Å². The average molecular weight is 295 g/mol. The average Bonchev–Trinajstić information content (AvgIpc) is 2.97. The molecule has 9 heteroatoms. The molecule has 0 radical (unpaired) electrons. The summed E-state index contributed by atoms with van der Waals surface area (Å²) < 4.78 is 0. The third kappa shape index (κ3) is 2.15. The number of fused-ring (bicyclic) bond motifs is 1. The standard InChI is InChI=1S/C10H7ClN6OS/c1-4-6(19-3-14-4)9(18)17-10-15-7(11)5-8(16-10)13-2-12-5/h2-3H,1H3,(H2,12,13,15,16,17,18). The Morgan fingerprint density at radius 3 is 3.00 bits per heavy atom. The van der Waals surface area contributed by atoms with Crippen molar-refractivity contribution in [2.75, 3.05) is 5.32 Å². The molecule has 0 aliphatic carbocycles. The smallest absolute Gasteiger partial charge is 0.270 e. The number of halogens is 1. The molecule has 0 unspecified atom stereocenters. The molecule has 0 aromatic carbocycles. The molecule has 0 aliphatic rings. The van der Waals surface area contributed by atoms with E-state index in [1.807, 2.05) is 0 Å². The molecule has 0 saturated heterocycles.